The van der Waals surface area contributed by atoms with E-state index < -0.39 is 5.97 Å². The Balaban J connectivity index is 1.58. The lowest BCUT2D eigenvalue weighted by atomic mass is 9.99. The Morgan fingerprint density at radius 3 is 2.56 bits per heavy atom. The normalized spacial score (nSPS) is 13.8. The van der Waals surface area contributed by atoms with Crippen LogP contribution in [0, 0.1) is 0 Å². The summed E-state index contributed by atoms with van der Waals surface area (Å²) in [5.74, 6) is 0.129. The minimum atomic E-state index is -0.465. The monoisotopic (exact) mass is 451 g/mol. The molecule has 0 saturated carbocycles. The van der Waals surface area contributed by atoms with Gasteiger partial charge in [0.05, 0.1) is 29.6 Å². The van der Waals surface area contributed by atoms with Gasteiger partial charge < -0.3 is 19.9 Å². The van der Waals surface area contributed by atoms with Crippen molar-refractivity contribution >= 4 is 34.5 Å². The summed E-state index contributed by atoms with van der Waals surface area (Å²) in [5, 5.41) is 6.26. The predicted octanol–water partition coefficient (Wildman–Crippen LogP) is 4.20. The van der Waals surface area contributed by atoms with Crippen molar-refractivity contribution in [3.05, 3.63) is 96.1 Å². The Morgan fingerprint density at radius 2 is 1.88 bits per heavy atom. The Labute approximate surface area is 195 Å². The molecular formula is C26H21N5O3. The molecule has 3 heterocycles. The Morgan fingerprint density at radius 1 is 1.06 bits per heavy atom. The molecule has 2 aromatic carbocycles. The van der Waals surface area contributed by atoms with Gasteiger partial charge >= 0.3 is 5.97 Å². The lowest BCUT2D eigenvalue weighted by Crippen LogP contribution is -2.10. The number of rotatable bonds is 5. The van der Waals surface area contributed by atoms with E-state index >= 15 is 0 Å². The van der Waals surface area contributed by atoms with Crippen LogP contribution in [0.4, 0.5) is 11.4 Å². The number of aryl methyl sites for hydroxylation is 1. The average Bonchev–Trinajstić information content (AvgIpc) is 3.44. The number of hydrogen-bond acceptors (Lipinski definition) is 6. The molecule has 0 atom stereocenters. The molecule has 4 aromatic rings. The number of pyridine rings is 1. The molecule has 0 fully saturated rings. The van der Waals surface area contributed by atoms with Crippen LogP contribution >= 0.6 is 0 Å². The molecule has 1 aliphatic rings. The molecule has 0 radical (unpaired) electrons. The van der Waals surface area contributed by atoms with E-state index in [1.807, 2.05) is 54.2 Å². The van der Waals surface area contributed by atoms with Crippen LogP contribution in [0.25, 0.3) is 22.7 Å². The van der Waals surface area contributed by atoms with Crippen LogP contribution in [0.3, 0.4) is 0 Å². The van der Waals surface area contributed by atoms with Crippen molar-refractivity contribution < 1.29 is 14.3 Å². The van der Waals surface area contributed by atoms with Crippen molar-refractivity contribution in [2.24, 2.45) is 7.05 Å². The standard InChI is InChI=1S/C26H21N5O3/c1-31-13-12-28-24(31)16-5-8-19(9-6-16)29-23(18-4-3-11-27-15-18)22-20-10-7-17(26(33)34-2)14-21(20)30-25(22)32/h3-15,29H,1-2H3,(H,30,32)/b23-22-. The second-order valence-electron chi connectivity index (χ2n) is 7.76. The van der Waals surface area contributed by atoms with E-state index in [1.165, 1.54) is 7.11 Å². The number of carbonyl (C=O) groups is 2. The van der Waals surface area contributed by atoms with Gasteiger partial charge in [0.25, 0.3) is 5.91 Å². The third-order valence-electron chi connectivity index (χ3n) is 5.62. The lowest BCUT2D eigenvalue weighted by molar-refractivity contribution is -0.110. The molecule has 168 valence electrons. The highest BCUT2D eigenvalue weighted by Crippen LogP contribution is 2.38. The van der Waals surface area contributed by atoms with Crippen molar-refractivity contribution in [1.29, 1.82) is 0 Å². The molecule has 0 bridgehead atoms. The van der Waals surface area contributed by atoms with Crippen LogP contribution in [0.5, 0.6) is 0 Å². The van der Waals surface area contributed by atoms with Gasteiger partial charge in [-0.25, -0.2) is 9.78 Å². The predicted molar refractivity (Wildman–Crippen MR) is 130 cm³/mol. The topological polar surface area (TPSA) is 98.1 Å². The van der Waals surface area contributed by atoms with E-state index in [9.17, 15) is 9.59 Å². The number of methoxy groups -OCH3 is 1. The first-order valence-corrected chi connectivity index (χ1v) is 10.6. The minimum absolute atomic E-state index is 0.270. The van der Waals surface area contributed by atoms with Gasteiger partial charge in [-0.15, -0.1) is 0 Å². The maximum Gasteiger partial charge on any atom is 0.337 e. The summed E-state index contributed by atoms with van der Waals surface area (Å²) >= 11 is 0. The van der Waals surface area contributed by atoms with Crippen LogP contribution in [0.1, 0.15) is 21.5 Å². The van der Waals surface area contributed by atoms with Crippen LogP contribution in [-0.2, 0) is 16.6 Å². The number of ether oxygens (including phenoxy) is 1. The quantitative estimate of drug-likeness (QED) is 0.349. The summed E-state index contributed by atoms with van der Waals surface area (Å²) in [7, 11) is 3.27. The van der Waals surface area contributed by atoms with E-state index in [0.717, 1.165) is 22.6 Å². The molecule has 5 rings (SSSR count). The van der Waals surface area contributed by atoms with E-state index in [4.69, 9.17) is 4.74 Å². The molecule has 1 aliphatic heterocycles. The first kappa shape index (κ1) is 21.1. The van der Waals surface area contributed by atoms with Gasteiger partial charge in [0.15, 0.2) is 0 Å². The lowest BCUT2D eigenvalue weighted by Gasteiger charge is -2.15. The summed E-state index contributed by atoms with van der Waals surface area (Å²) in [6.07, 6.45) is 7.03. The molecule has 1 amide bonds. The first-order valence-electron chi connectivity index (χ1n) is 10.6. The summed E-state index contributed by atoms with van der Waals surface area (Å²) in [5.41, 5.74) is 5.22. The number of imidazole rings is 1. The fourth-order valence-corrected chi connectivity index (χ4v) is 3.95. The maximum absolute atomic E-state index is 13.1. The van der Waals surface area contributed by atoms with Gasteiger partial charge in [-0.05, 0) is 48.5 Å². The molecule has 2 N–H and O–H groups in total. The van der Waals surface area contributed by atoms with E-state index in [0.29, 0.717) is 28.1 Å². The molecule has 2 aromatic heterocycles. The Kier molecular flexibility index (Phi) is 5.39. The van der Waals surface area contributed by atoms with E-state index in [-0.39, 0.29) is 5.91 Å². The third-order valence-corrected chi connectivity index (χ3v) is 5.62. The van der Waals surface area contributed by atoms with Crippen LogP contribution in [0.2, 0.25) is 0 Å². The van der Waals surface area contributed by atoms with Crippen molar-refractivity contribution in [1.82, 2.24) is 14.5 Å². The Hall–Kier alpha value is -4.72. The van der Waals surface area contributed by atoms with Gasteiger partial charge in [0.2, 0.25) is 0 Å². The maximum atomic E-state index is 13.1. The van der Waals surface area contributed by atoms with Gasteiger partial charge in [0, 0.05) is 54.2 Å². The van der Waals surface area contributed by atoms with Crippen LogP contribution in [0.15, 0.2) is 79.4 Å². The zero-order valence-electron chi connectivity index (χ0n) is 18.6. The summed E-state index contributed by atoms with van der Waals surface area (Å²) in [6.45, 7) is 0. The number of amides is 1. The average molecular weight is 451 g/mol. The fourth-order valence-electron chi connectivity index (χ4n) is 3.95. The number of carbonyl (C=O) groups excluding carboxylic acids is 2. The SMILES string of the molecule is COC(=O)c1ccc2c(c1)NC(=O)/C2=C(\Nc1ccc(-c2nccn2C)cc1)c1cccnc1. The second-order valence-corrected chi connectivity index (χ2v) is 7.76. The molecule has 0 spiro atoms. The molecule has 8 nitrogen and oxygen atoms in total. The highest BCUT2D eigenvalue weighted by molar-refractivity contribution is 6.37. The number of aromatic nitrogens is 3. The van der Waals surface area contributed by atoms with Crippen molar-refractivity contribution in [2.75, 3.05) is 17.7 Å². The van der Waals surface area contributed by atoms with Crippen molar-refractivity contribution in [3.8, 4) is 11.4 Å². The van der Waals surface area contributed by atoms with Gasteiger partial charge in [-0.3, -0.25) is 9.78 Å². The van der Waals surface area contributed by atoms with Crippen molar-refractivity contribution in [2.45, 2.75) is 0 Å². The van der Waals surface area contributed by atoms with Crippen LogP contribution in [-0.4, -0.2) is 33.5 Å². The van der Waals surface area contributed by atoms with Crippen LogP contribution < -0.4 is 10.6 Å². The molecular weight excluding hydrogens is 430 g/mol. The number of nitrogens with one attached hydrogen (secondary N) is 2. The number of nitrogens with zero attached hydrogens (tertiary/aromatic N) is 3. The van der Waals surface area contributed by atoms with Crippen molar-refractivity contribution in [3.63, 3.8) is 0 Å². The summed E-state index contributed by atoms with van der Waals surface area (Å²) < 4.78 is 6.75. The van der Waals surface area contributed by atoms with Gasteiger partial charge in [0.1, 0.15) is 5.82 Å². The molecule has 34 heavy (non-hydrogen) atoms. The zero-order valence-corrected chi connectivity index (χ0v) is 18.6. The second kappa shape index (κ2) is 8.67. The van der Waals surface area contributed by atoms with Gasteiger partial charge in [-0.2, -0.15) is 0 Å². The van der Waals surface area contributed by atoms with Gasteiger partial charge in [-0.1, -0.05) is 6.07 Å². The largest absolute Gasteiger partial charge is 0.465 e. The fraction of sp³-hybridized carbons (Fsp3) is 0.0769. The smallest absolute Gasteiger partial charge is 0.337 e. The third kappa shape index (κ3) is 3.81. The van der Waals surface area contributed by atoms with E-state index in [2.05, 4.69) is 20.6 Å². The number of hydrogen-bond donors (Lipinski definition) is 2. The summed E-state index contributed by atoms with van der Waals surface area (Å²) in [4.78, 5) is 33.6. The Bertz CT molecular complexity index is 1420. The highest BCUT2D eigenvalue weighted by Gasteiger charge is 2.29. The molecule has 8 heteroatoms. The number of esters is 1. The minimum Gasteiger partial charge on any atom is -0.465 e. The number of fused-ring (bicyclic) bond motifs is 1. The number of anilines is 2. The zero-order chi connectivity index (χ0) is 23.7. The van der Waals surface area contributed by atoms with E-state index in [1.54, 1.807) is 36.8 Å². The number of benzene rings is 2. The first-order chi connectivity index (χ1) is 16.5. The summed E-state index contributed by atoms with van der Waals surface area (Å²) in [6, 6.07) is 16.5. The molecule has 0 saturated heterocycles. The molecule has 0 unspecified atom stereocenters. The highest BCUT2D eigenvalue weighted by atomic mass is 16.5. The molecule has 0 aliphatic carbocycles.